The monoisotopic (exact) mass is 314 g/mol. The second-order valence-electron chi connectivity index (χ2n) is 4.39. The van der Waals surface area contributed by atoms with Crippen molar-refractivity contribution in [1.29, 1.82) is 0 Å². The van der Waals surface area contributed by atoms with Crippen molar-refractivity contribution in [2.45, 2.75) is 12.6 Å². The summed E-state index contributed by atoms with van der Waals surface area (Å²) in [6.07, 6.45) is 0.419. The van der Waals surface area contributed by atoms with Crippen LogP contribution in [-0.2, 0) is 11.3 Å². The van der Waals surface area contributed by atoms with Gasteiger partial charge >= 0.3 is 0 Å². The van der Waals surface area contributed by atoms with Crippen LogP contribution in [0.25, 0.3) is 0 Å². The number of benzene rings is 1. The Morgan fingerprint density at radius 3 is 2.86 bits per heavy atom. The van der Waals surface area contributed by atoms with E-state index in [1.807, 2.05) is 0 Å². The smallest absolute Gasteiger partial charge is 0.165 e. The van der Waals surface area contributed by atoms with E-state index in [1.165, 1.54) is 31.5 Å². The van der Waals surface area contributed by atoms with Gasteiger partial charge in [0.05, 0.1) is 37.2 Å². The maximum absolute atomic E-state index is 13.4. The summed E-state index contributed by atoms with van der Waals surface area (Å²) in [6, 6.07) is 4.15. The lowest BCUT2D eigenvalue weighted by Crippen LogP contribution is -2.13. The lowest BCUT2D eigenvalue weighted by Gasteiger charge is -2.15. The molecule has 2 aromatic rings. The molecule has 0 aliphatic rings. The standard InChI is InChI=1S/C14H16ClFN2O3/c1-20-6-5-18-13(10(15)8-17-18)14(19)9-3-4-11(16)12(7-9)21-2/h3-4,7-8,14,19H,5-6H2,1-2H3. The lowest BCUT2D eigenvalue weighted by molar-refractivity contribution is 0.171. The fourth-order valence-corrected chi connectivity index (χ4v) is 2.25. The molecule has 1 aromatic carbocycles. The van der Waals surface area contributed by atoms with Crippen LogP contribution in [0.2, 0.25) is 5.02 Å². The summed E-state index contributed by atoms with van der Waals surface area (Å²) in [4.78, 5) is 0. The second-order valence-corrected chi connectivity index (χ2v) is 4.80. The molecule has 1 unspecified atom stereocenters. The van der Waals surface area contributed by atoms with Crippen molar-refractivity contribution < 1.29 is 19.0 Å². The van der Waals surface area contributed by atoms with E-state index in [0.717, 1.165) is 0 Å². The molecule has 1 N–H and O–H groups in total. The lowest BCUT2D eigenvalue weighted by atomic mass is 10.1. The van der Waals surface area contributed by atoms with E-state index in [0.29, 0.717) is 29.4 Å². The molecule has 21 heavy (non-hydrogen) atoms. The average Bonchev–Trinajstić information content (AvgIpc) is 2.85. The number of aromatic nitrogens is 2. The molecule has 0 bridgehead atoms. The maximum atomic E-state index is 13.4. The number of hydrogen-bond acceptors (Lipinski definition) is 4. The molecule has 0 aliphatic heterocycles. The Balaban J connectivity index is 2.35. The van der Waals surface area contributed by atoms with Gasteiger partial charge in [-0.1, -0.05) is 17.7 Å². The highest BCUT2D eigenvalue weighted by molar-refractivity contribution is 6.31. The van der Waals surface area contributed by atoms with Crippen molar-refractivity contribution in [2.24, 2.45) is 0 Å². The molecule has 1 heterocycles. The predicted octanol–water partition coefficient (Wildman–Crippen LogP) is 2.41. The molecule has 7 heteroatoms. The van der Waals surface area contributed by atoms with Crippen LogP contribution in [0.1, 0.15) is 17.4 Å². The molecule has 0 amide bonds. The van der Waals surface area contributed by atoms with E-state index in [9.17, 15) is 9.50 Å². The summed E-state index contributed by atoms with van der Waals surface area (Å²) in [5, 5.41) is 14.9. The van der Waals surface area contributed by atoms with Gasteiger partial charge in [0.15, 0.2) is 11.6 Å². The molecule has 5 nitrogen and oxygen atoms in total. The SMILES string of the molecule is COCCn1ncc(Cl)c1C(O)c1ccc(F)c(OC)c1. The third-order valence-corrected chi connectivity index (χ3v) is 3.38. The minimum atomic E-state index is -1.04. The molecule has 1 atom stereocenters. The van der Waals surface area contributed by atoms with Gasteiger partial charge in [0.25, 0.3) is 0 Å². The zero-order valence-electron chi connectivity index (χ0n) is 11.7. The molecule has 0 saturated carbocycles. The normalized spacial score (nSPS) is 12.4. The number of aliphatic hydroxyl groups is 1. The molecular weight excluding hydrogens is 299 g/mol. The van der Waals surface area contributed by atoms with Crippen molar-refractivity contribution >= 4 is 11.6 Å². The largest absolute Gasteiger partial charge is 0.494 e. The van der Waals surface area contributed by atoms with Crippen LogP contribution >= 0.6 is 11.6 Å². The Bertz CT molecular complexity index is 618. The maximum Gasteiger partial charge on any atom is 0.165 e. The van der Waals surface area contributed by atoms with Gasteiger partial charge in [-0.3, -0.25) is 4.68 Å². The van der Waals surface area contributed by atoms with E-state index in [1.54, 1.807) is 11.8 Å². The van der Waals surface area contributed by atoms with E-state index in [2.05, 4.69) is 5.10 Å². The first kappa shape index (κ1) is 15.8. The number of methoxy groups -OCH3 is 2. The van der Waals surface area contributed by atoms with Gasteiger partial charge < -0.3 is 14.6 Å². The number of aliphatic hydroxyl groups excluding tert-OH is 1. The van der Waals surface area contributed by atoms with Crippen LogP contribution < -0.4 is 4.74 Å². The zero-order valence-corrected chi connectivity index (χ0v) is 12.5. The van der Waals surface area contributed by atoms with Crippen LogP contribution in [0.4, 0.5) is 4.39 Å². The quantitative estimate of drug-likeness (QED) is 0.889. The summed E-state index contributed by atoms with van der Waals surface area (Å²) in [7, 11) is 2.94. The summed E-state index contributed by atoms with van der Waals surface area (Å²) in [6.45, 7) is 0.887. The molecule has 0 aliphatic carbocycles. The number of rotatable bonds is 6. The van der Waals surface area contributed by atoms with Crippen LogP contribution in [0, 0.1) is 5.82 Å². The van der Waals surface area contributed by atoms with Crippen LogP contribution in [0.3, 0.4) is 0 Å². The first-order chi connectivity index (χ1) is 10.1. The van der Waals surface area contributed by atoms with E-state index in [-0.39, 0.29) is 5.75 Å². The van der Waals surface area contributed by atoms with E-state index in [4.69, 9.17) is 21.1 Å². The Morgan fingerprint density at radius 1 is 1.43 bits per heavy atom. The van der Waals surface area contributed by atoms with E-state index >= 15 is 0 Å². The van der Waals surface area contributed by atoms with Crippen molar-refractivity contribution in [1.82, 2.24) is 9.78 Å². The molecule has 0 saturated heterocycles. The van der Waals surface area contributed by atoms with Crippen molar-refractivity contribution in [3.05, 3.63) is 46.5 Å². The summed E-state index contributed by atoms with van der Waals surface area (Å²) < 4.78 is 24.9. The van der Waals surface area contributed by atoms with Crippen LogP contribution in [-0.4, -0.2) is 35.7 Å². The summed E-state index contributed by atoms with van der Waals surface area (Å²) >= 11 is 6.08. The molecule has 114 valence electrons. The first-order valence-corrected chi connectivity index (χ1v) is 6.68. The molecule has 0 spiro atoms. The Kier molecular flexibility index (Phi) is 5.17. The fraction of sp³-hybridized carbons (Fsp3) is 0.357. The highest BCUT2D eigenvalue weighted by Crippen LogP contribution is 2.30. The fourth-order valence-electron chi connectivity index (χ4n) is 2.00. The predicted molar refractivity (Wildman–Crippen MR) is 76.1 cm³/mol. The van der Waals surface area contributed by atoms with Crippen molar-refractivity contribution in [3.63, 3.8) is 0 Å². The van der Waals surface area contributed by atoms with Gasteiger partial charge in [-0.2, -0.15) is 5.10 Å². The van der Waals surface area contributed by atoms with E-state index < -0.39 is 11.9 Å². The van der Waals surface area contributed by atoms with Crippen molar-refractivity contribution in [3.8, 4) is 5.75 Å². The third-order valence-electron chi connectivity index (χ3n) is 3.09. The number of halogens is 2. The second kappa shape index (κ2) is 6.89. The first-order valence-electron chi connectivity index (χ1n) is 6.30. The molecular formula is C14H16ClFN2O3. The molecule has 2 rings (SSSR count). The zero-order chi connectivity index (χ0) is 15.4. The van der Waals surface area contributed by atoms with Crippen LogP contribution in [0.15, 0.2) is 24.4 Å². The topological polar surface area (TPSA) is 56.5 Å². The molecule has 0 radical (unpaired) electrons. The Hall–Kier alpha value is -1.63. The highest BCUT2D eigenvalue weighted by atomic mass is 35.5. The summed E-state index contributed by atoms with van der Waals surface area (Å²) in [5.41, 5.74) is 0.900. The van der Waals surface area contributed by atoms with Gasteiger partial charge in [-0.15, -0.1) is 0 Å². The molecule has 0 fully saturated rings. The molecule has 1 aromatic heterocycles. The number of nitrogens with zero attached hydrogens (tertiary/aromatic N) is 2. The van der Waals surface area contributed by atoms with Gasteiger partial charge in [0, 0.05) is 7.11 Å². The highest BCUT2D eigenvalue weighted by Gasteiger charge is 2.21. The van der Waals surface area contributed by atoms with Crippen LogP contribution in [0.5, 0.6) is 5.75 Å². The minimum Gasteiger partial charge on any atom is -0.494 e. The van der Waals surface area contributed by atoms with Gasteiger partial charge in [0.2, 0.25) is 0 Å². The number of ether oxygens (including phenoxy) is 2. The minimum absolute atomic E-state index is 0.0608. The Labute approximate surface area is 126 Å². The average molecular weight is 315 g/mol. The van der Waals surface area contributed by atoms with Gasteiger partial charge in [0.1, 0.15) is 6.10 Å². The Morgan fingerprint density at radius 2 is 2.19 bits per heavy atom. The third kappa shape index (κ3) is 3.34. The number of hydrogen-bond donors (Lipinski definition) is 1. The van der Waals surface area contributed by atoms with Gasteiger partial charge in [-0.05, 0) is 17.7 Å². The van der Waals surface area contributed by atoms with Gasteiger partial charge in [-0.25, -0.2) is 4.39 Å². The summed E-state index contributed by atoms with van der Waals surface area (Å²) in [5.74, 6) is -0.432. The van der Waals surface area contributed by atoms with Crippen molar-refractivity contribution in [2.75, 3.05) is 20.8 Å².